The quantitative estimate of drug-likeness (QED) is 0.701. The van der Waals surface area contributed by atoms with Gasteiger partial charge in [0.25, 0.3) is 0 Å². The molecule has 1 atom stereocenters. The summed E-state index contributed by atoms with van der Waals surface area (Å²) in [6, 6.07) is -0.123. The van der Waals surface area contributed by atoms with E-state index in [4.69, 9.17) is 10.8 Å². The maximum atomic E-state index is 8.74. The highest BCUT2D eigenvalue weighted by Crippen LogP contribution is 2.05. The van der Waals surface area contributed by atoms with E-state index in [2.05, 4.69) is 9.55 Å². The van der Waals surface area contributed by atoms with E-state index in [1.165, 1.54) is 5.69 Å². The number of hydrogen-bond acceptors (Lipinski definition) is 3. The average molecular weight is 183 g/mol. The van der Waals surface area contributed by atoms with E-state index < -0.39 is 0 Å². The Kier molecular flexibility index (Phi) is 3.45. The Morgan fingerprint density at radius 1 is 1.62 bits per heavy atom. The number of rotatable bonds is 4. The van der Waals surface area contributed by atoms with Crippen LogP contribution in [0.25, 0.3) is 0 Å². The smallest absolute Gasteiger partial charge is 0.0951 e. The number of nitrogens with zero attached hydrogens (tertiary/aromatic N) is 2. The average Bonchev–Trinajstić information content (AvgIpc) is 2.44. The van der Waals surface area contributed by atoms with Crippen molar-refractivity contribution in [2.24, 2.45) is 5.73 Å². The van der Waals surface area contributed by atoms with Gasteiger partial charge in [-0.15, -0.1) is 0 Å². The molecule has 4 nitrogen and oxygen atoms in total. The SMILES string of the molecule is Cc1ncn(CCC(N)CO)c1C. The molecule has 0 saturated carbocycles. The highest BCUT2D eigenvalue weighted by Gasteiger charge is 2.04. The Hall–Kier alpha value is -0.870. The van der Waals surface area contributed by atoms with Crippen molar-refractivity contribution in [3.8, 4) is 0 Å². The van der Waals surface area contributed by atoms with Gasteiger partial charge in [0.15, 0.2) is 0 Å². The fourth-order valence-electron chi connectivity index (χ4n) is 1.17. The van der Waals surface area contributed by atoms with E-state index in [9.17, 15) is 0 Å². The number of hydrogen-bond donors (Lipinski definition) is 2. The van der Waals surface area contributed by atoms with Crippen molar-refractivity contribution in [3.63, 3.8) is 0 Å². The van der Waals surface area contributed by atoms with E-state index >= 15 is 0 Å². The first-order valence-electron chi connectivity index (χ1n) is 4.50. The maximum absolute atomic E-state index is 8.74. The summed E-state index contributed by atoms with van der Waals surface area (Å²) in [5.74, 6) is 0. The Labute approximate surface area is 78.4 Å². The van der Waals surface area contributed by atoms with Gasteiger partial charge in [0.05, 0.1) is 18.6 Å². The fraction of sp³-hybridized carbons (Fsp3) is 0.667. The van der Waals surface area contributed by atoms with Crippen LogP contribution in [-0.2, 0) is 6.54 Å². The van der Waals surface area contributed by atoms with Gasteiger partial charge >= 0.3 is 0 Å². The third kappa shape index (κ3) is 2.54. The van der Waals surface area contributed by atoms with Gasteiger partial charge in [0.1, 0.15) is 0 Å². The van der Waals surface area contributed by atoms with Gasteiger partial charge in [0.2, 0.25) is 0 Å². The molecule has 0 saturated heterocycles. The predicted octanol–water partition coefficient (Wildman–Crippen LogP) is 0.210. The second-order valence-corrected chi connectivity index (χ2v) is 3.34. The highest BCUT2D eigenvalue weighted by molar-refractivity contribution is 5.08. The van der Waals surface area contributed by atoms with Gasteiger partial charge in [-0.2, -0.15) is 0 Å². The van der Waals surface area contributed by atoms with Gasteiger partial charge in [-0.3, -0.25) is 0 Å². The fourth-order valence-corrected chi connectivity index (χ4v) is 1.17. The molecule has 1 rings (SSSR count). The van der Waals surface area contributed by atoms with Crippen molar-refractivity contribution >= 4 is 0 Å². The van der Waals surface area contributed by atoms with Crippen molar-refractivity contribution in [2.75, 3.05) is 6.61 Å². The minimum absolute atomic E-state index is 0.0483. The standard InChI is InChI=1S/C9H17N3O/c1-7-8(2)12(6-11-7)4-3-9(10)5-13/h6,9,13H,3-5,10H2,1-2H3. The molecule has 4 heteroatoms. The van der Waals surface area contributed by atoms with E-state index in [1.807, 2.05) is 20.2 Å². The highest BCUT2D eigenvalue weighted by atomic mass is 16.3. The summed E-state index contributed by atoms with van der Waals surface area (Å²) in [6.45, 7) is 4.89. The van der Waals surface area contributed by atoms with Gasteiger partial charge in [0, 0.05) is 18.3 Å². The lowest BCUT2D eigenvalue weighted by Gasteiger charge is -2.09. The zero-order valence-electron chi connectivity index (χ0n) is 8.20. The number of nitrogens with two attached hydrogens (primary N) is 1. The van der Waals surface area contributed by atoms with E-state index in [0.29, 0.717) is 0 Å². The number of aliphatic hydroxyl groups excluding tert-OH is 1. The van der Waals surface area contributed by atoms with Gasteiger partial charge < -0.3 is 15.4 Å². The lowest BCUT2D eigenvalue weighted by molar-refractivity contribution is 0.256. The number of aromatic nitrogens is 2. The minimum atomic E-state index is -0.123. The second kappa shape index (κ2) is 4.39. The number of aryl methyl sites for hydroxylation is 2. The Morgan fingerprint density at radius 2 is 2.31 bits per heavy atom. The third-order valence-corrected chi connectivity index (χ3v) is 2.32. The summed E-state index contributed by atoms with van der Waals surface area (Å²) in [5, 5.41) is 8.74. The number of imidazole rings is 1. The van der Waals surface area contributed by atoms with E-state index in [0.717, 1.165) is 18.7 Å². The largest absolute Gasteiger partial charge is 0.395 e. The molecule has 13 heavy (non-hydrogen) atoms. The Morgan fingerprint density at radius 3 is 2.77 bits per heavy atom. The summed E-state index contributed by atoms with van der Waals surface area (Å²) in [5.41, 5.74) is 7.82. The normalized spacial score (nSPS) is 13.2. The van der Waals surface area contributed by atoms with Gasteiger partial charge in [-0.1, -0.05) is 0 Å². The topological polar surface area (TPSA) is 64.1 Å². The summed E-state index contributed by atoms with van der Waals surface area (Å²) < 4.78 is 2.06. The van der Waals surface area contributed by atoms with Gasteiger partial charge in [-0.25, -0.2) is 4.98 Å². The molecule has 0 spiro atoms. The molecule has 1 heterocycles. The van der Waals surface area contributed by atoms with E-state index in [1.54, 1.807) is 0 Å². The molecule has 1 aromatic heterocycles. The molecular weight excluding hydrogens is 166 g/mol. The van der Waals surface area contributed by atoms with Crippen LogP contribution in [0.1, 0.15) is 17.8 Å². The summed E-state index contributed by atoms with van der Waals surface area (Å²) >= 11 is 0. The van der Waals surface area contributed by atoms with Crippen molar-refractivity contribution in [2.45, 2.75) is 32.9 Å². The van der Waals surface area contributed by atoms with Crippen LogP contribution in [0.3, 0.4) is 0 Å². The van der Waals surface area contributed by atoms with Gasteiger partial charge in [-0.05, 0) is 20.3 Å². The zero-order chi connectivity index (χ0) is 9.84. The van der Waals surface area contributed by atoms with Crippen LogP contribution in [0.4, 0.5) is 0 Å². The maximum Gasteiger partial charge on any atom is 0.0951 e. The van der Waals surface area contributed by atoms with Crippen LogP contribution in [0.2, 0.25) is 0 Å². The first-order valence-corrected chi connectivity index (χ1v) is 4.50. The van der Waals surface area contributed by atoms with Crippen molar-refractivity contribution < 1.29 is 5.11 Å². The first-order chi connectivity index (χ1) is 6.15. The lowest BCUT2D eigenvalue weighted by atomic mass is 10.2. The molecule has 0 fully saturated rings. The predicted molar refractivity (Wildman–Crippen MR) is 51.4 cm³/mol. The molecule has 74 valence electrons. The summed E-state index contributed by atoms with van der Waals surface area (Å²) in [4.78, 5) is 4.18. The molecule has 1 aromatic rings. The summed E-state index contributed by atoms with van der Waals surface area (Å²) in [7, 11) is 0. The Balaban J connectivity index is 2.50. The van der Waals surface area contributed by atoms with Crippen molar-refractivity contribution in [3.05, 3.63) is 17.7 Å². The van der Waals surface area contributed by atoms with E-state index in [-0.39, 0.29) is 12.6 Å². The van der Waals surface area contributed by atoms with Crippen LogP contribution in [0, 0.1) is 13.8 Å². The molecule has 0 aromatic carbocycles. The molecule has 0 aliphatic rings. The lowest BCUT2D eigenvalue weighted by Crippen LogP contribution is -2.25. The van der Waals surface area contributed by atoms with Crippen LogP contribution >= 0.6 is 0 Å². The zero-order valence-corrected chi connectivity index (χ0v) is 8.20. The van der Waals surface area contributed by atoms with Crippen LogP contribution < -0.4 is 5.73 Å². The van der Waals surface area contributed by atoms with Crippen LogP contribution in [-0.4, -0.2) is 27.3 Å². The molecule has 1 unspecified atom stereocenters. The summed E-state index contributed by atoms with van der Waals surface area (Å²) in [6.07, 6.45) is 2.60. The van der Waals surface area contributed by atoms with Crippen molar-refractivity contribution in [1.29, 1.82) is 0 Å². The molecule has 3 N–H and O–H groups in total. The monoisotopic (exact) mass is 183 g/mol. The molecule has 0 radical (unpaired) electrons. The van der Waals surface area contributed by atoms with Crippen LogP contribution in [0.15, 0.2) is 6.33 Å². The second-order valence-electron chi connectivity index (χ2n) is 3.34. The first kappa shape index (κ1) is 10.2. The molecule has 0 aliphatic carbocycles. The van der Waals surface area contributed by atoms with Crippen LogP contribution in [0.5, 0.6) is 0 Å². The van der Waals surface area contributed by atoms with Crippen molar-refractivity contribution in [1.82, 2.24) is 9.55 Å². The number of aliphatic hydroxyl groups is 1. The third-order valence-electron chi connectivity index (χ3n) is 2.32. The Bertz CT molecular complexity index is 270. The minimum Gasteiger partial charge on any atom is -0.395 e. The molecule has 0 aliphatic heterocycles. The molecule has 0 bridgehead atoms. The molecular formula is C9H17N3O. The molecule has 0 amide bonds.